The highest BCUT2D eigenvalue weighted by molar-refractivity contribution is 7.99. The highest BCUT2D eigenvalue weighted by atomic mass is 32.2. The van der Waals surface area contributed by atoms with Gasteiger partial charge in [0.25, 0.3) is 5.69 Å². The number of ether oxygens (including phenoxy) is 1. The molecule has 0 unspecified atom stereocenters. The zero-order valence-electron chi connectivity index (χ0n) is 12.3. The maximum absolute atomic E-state index is 11.2. The number of aromatic amines is 1. The van der Waals surface area contributed by atoms with E-state index >= 15 is 0 Å². The number of benzene rings is 1. The van der Waals surface area contributed by atoms with Gasteiger partial charge in [0, 0.05) is 17.2 Å². The molecule has 0 aliphatic heterocycles. The number of hydrogen-bond acceptors (Lipinski definition) is 7. The molecule has 0 radical (unpaired) electrons. The number of carbonyl (C=O) groups is 1. The summed E-state index contributed by atoms with van der Waals surface area (Å²) in [5.74, 6) is 0.206. The smallest absolute Gasteiger partial charge is 0.413 e. The lowest BCUT2D eigenvalue weighted by Crippen LogP contribution is -2.11. The van der Waals surface area contributed by atoms with E-state index < -0.39 is 11.0 Å². The summed E-state index contributed by atoms with van der Waals surface area (Å²) in [5, 5.41) is 13.5. The van der Waals surface area contributed by atoms with Gasteiger partial charge in [0.2, 0.25) is 5.95 Å². The van der Waals surface area contributed by atoms with E-state index in [0.717, 1.165) is 0 Å². The molecule has 0 bridgehead atoms. The van der Waals surface area contributed by atoms with Crippen LogP contribution in [-0.2, 0) is 4.74 Å². The molecule has 1 amide bonds. The average Bonchev–Trinajstić information content (AvgIpc) is 2.96. The second-order valence-corrected chi connectivity index (χ2v) is 5.69. The Balaban J connectivity index is 1.88. The first-order valence-corrected chi connectivity index (χ1v) is 7.50. The molecular formula is C14H11N5O4S. The van der Waals surface area contributed by atoms with Gasteiger partial charge in [-0.2, -0.15) is 4.98 Å². The number of imidazole rings is 1. The molecule has 0 spiro atoms. The van der Waals surface area contributed by atoms with Crippen molar-refractivity contribution in [1.29, 1.82) is 0 Å². The Morgan fingerprint density at radius 2 is 2.21 bits per heavy atom. The fourth-order valence-electron chi connectivity index (χ4n) is 1.96. The van der Waals surface area contributed by atoms with E-state index in [1.165, 1.54) is 24.9 Å². The van der Waals surface area contributed by atoms with Gasteiger partial charge in [-0.1, -0.05) is 23.9 Å². The van der Waals surface area contributed by atoms with E-state index in [-0.39, 0.29) is 11.6 Å². The van der Waals surface area contributed by atoms with Crippen molar-refractivity contribution in [3.05, 3.63) is 46.6 Å². The third-order valence-corrected chi connectivity index (χ3v) is 4.03. The summed E-state index contributed by atoms with van der Waals surface area (Å²) >= 11 is 1.22. The second kappa shape index (κ2) is 6.54. The minimum absolute atomic E-state index is 0.0280. The summed E-state index contributed by atoms with van der Waals surface area (Å²) < 4.78 is 4.49. The number of amides is 1. The Labute approximate surface area is 139 Å². The highest BCUT2D eigenvalue weighted by Gasteiger charge is 2.15. The Kier molecular flexibility index (Phi) is 4.29. The number of rotatable bonds is 4. The number of nitro groups is 1. The van der Waals surface area contributed by atoms with Crippen molar-refractivity contribution in [2.75, 3.05) is 12.4 Å². The molecule has 0 aliphatic rings. The molecule has 9 nitrogen and oxygen atoms in total. The Bertz CT molecular complexity index is 926. The number of nitro benzene ring substituents is 1. The van der Waals surface area contributed by atoms with Crippen LogP contribution in [0.25, 0.3) is 11.2 Å². The number of fused-ring (bicyclic) bond motifs is 1. The molecule has 0 atom stereocenters. The number of H-pyrrole nitrogens is 1. The van der Waals surface area contributed by atoms with Gasteiger partial charge in [-0.3, -0.25) is 15.4 Å². The third-order valence-electron chi connectivity index (χ3n) is 3.01. The zero-order valence-corrected chi connectivity index (χ0v) is 13.2. The first-order chi connectivity index (χ1) is 11.6. The maximum atomic E-state index is 11.2. The van der Waals surface area contributed by atoms with Crippen molar-refractivity contribution in [2.45, 2.75) is 9.79 Å². The number of anilines is 1. The van der Waals surface area contributed by atoms with E-state index in [0.29, 0.717) is 21.0 Å². The zero-order chi connectivity index (χ0) is 17.1. The third kappa shape index (κ3) is 3.27. The molecule has 24 heavy (non-hydrogen) atoms. The Morgan fingerprint density at radius 1 is 1.42 bits per heavy atom. The minimum Gasteiger partial charge on any atom is -0.453 e. The fraction of sp³-hybridized carbons (Fsp3) is 0.0714. The van der Waals surface area contributed by atoms with Crippen molar-refractivity contribution < 1.29 is 14.5 Å². The van der Waals surface area contributed by atoms with Gasteiger partial charge < -0.3 is 9.72 Å². The molecule has 10 heteroatoms. The normalized spacial score (nSPS) is 10.5. The van der Waals surface area contributed by atoms with E-state index in [1.807, 2.05) is 0 Å². The van der Waals surface area contributed by atoms with Crippen LogP contribution in [0.5, 0.6) is 0 Å². The molecule has 1 aromatic carbocycles. The first-order valence-electron chi connectivity index (χ1n) is 6.69. The predicted molar refractivity (Wildman–Crippen MR) is 87.1 cm³/mol. The van der Waals surface area contributed by atoms with Crippen molar-refractivity contribution in [3.8, 4) is 0 Å². The van der Waals surface area contributed by atoms with Gasteiger partial charge in [-0.15, -0.1) is 0 Å². The number of pyridine rings is 1. The molecule has 0 saturated carbocycles. The number of nitrogens with one attached hydrogen (secondary N) is 2. The highest BCUT2D eigenvalue weighted by Crippen LogP contribution is 2.34. The lowest BCUT2D eigenvalue weighted by Gasteiger charge is -2.02. The van der Waals surface area contributed by atoms with Gasteiger partial charge in [-0.05, 0) is 12.1 Å². The number of carbonyl (C=O) groups excluding carboxylic acids is 1. The van der Waals surface area contributed by atoms with Crippen LogP contribution in [0.4, 0.5) is 16.4 Å². The van der Waals surface area contributed by atoms with Crippen molar-refractivity contribution in [1.82, 2.24) is 15.0 Å². The topological polar surface area (TPSA) is 123 Å². The van der Waals surface area contributed by atoms with Crippen molar-refractivity contribution in [3.63, 3.8) is 0 Å². The van der Waals surface area contributed by atoms with Crippen molar-refractivity contribution in [2.24, 2.45) is 0 Å². The Hall–Kier alpha value is -3.14. The van der Waals surface area contributed by atoms with E-state index in [2.05, 4.69) is 25.0 Å². The summed E-state index contributed by atoms with van der Waals surface area (Å²) in [7, 11) is 1.25. The van der Waals surface area contributed by atoms with Crippen LogP contribution in [0.1, 0.15) is 0 Å². The van der Waals surface area contributed by atoms with Gasteiger partial charge in [0.15, 0.2) is 5.65 Å². The number of methoxy groups -OCH3 is 1. The quantitative estimate of drug-likeness (QED) is 0.549. The van der Waals surface area contributed by atoms with Crippen LogP contribution >= 0.6 is 11.8 Å². The second-order valence-electron chi connectivity index (χ2n) is 4.57. The summed E-state index contributed by atoms with van der Waals surface area (Å²) in [6.07, 6.45) is 0.913. The first kappa shape index (κ1) is 15.7. The molecule has 3 rings (SSSR count). The lowest BCUT2D eigenvalue weighted by molar-refractivity contribution is -0.387. The van der Waals surface area contributed by atoms with Crippen LogP contribution in [0, 0.1) is 10.1 Å². The standard InChI is InChI=1S/C14H11N5O4S/c1-23-14(20)18-13-16-9-6-8(7-15-12(9)17-13)24-11-5-3-2-4-10(11)19(21)22/h2-7H,1H3,(H2,15,16,17,18,20). The van der Waals surface area contributed by atoms with Gasteiger partial charge in [-0.25, -0.2) is 9.78 Å². The SMILES string of the molecule is COC(=O)Nc1nc2ncc(Sc3ccccc3[N+](=O)[O-])cc2[nH]1. The number of hydrogen-bond donors (Lipinski definition) is 2. The van der Waals surface area contributed by atoms with Gasteiger partial charge >= 0.3 is 6.09 Å². The van der Waals surface area contributed by atoms with E-state index in [4.69, 9.17) is 0 Å². The number of para-hydroxylation sites is 1. The lowest BCUT2D eigenvalue weighted by atomic mass is 10.3. The van der Waals surface area contributed by atoms with Crippen molar-refractivity contribution >= 4 is 40.7 Å². The Morgan fingerprint density at radius 3 is 2.96 bits per heavy atom. The summed E-state index contributed by atoms with van der Waals surface area (Å²) in [6.45, 7) is 0. The van der Waals surface area contributed by atoms with E-state index in [9.17, 15) is 14.9 Å². The monoisotopic (exact) mass is 345 g/mol. The van der Waals surface area contributed by atoms with Crippen LogP contribution in [-0.4, -0.2) is 33.1 Å². The summed E-state index contributed by atoms with van der Waals surface area (Å²) in [6, 6.07) is 8.21. The molecule has 0 fully saturated rings. The van der Waals surface area contributed by atoms with Crippen LogP contribution in [0.15, 0.2) is 46.3 Å². The predicted octanol–water partition coefficient (Wildman–Crippen LogP) is 3.20. The van der Waals surface area contributed by atoms with Gasteiger partial charge in [0.1, 0.15) is 0 Å². The summed E-state index contributed by atoms with van der Waals surface area (Å²) in [4.78, 5) is 34.2. The average molecular weight is 345 g/mol. The minimum atomic E-state index is -0.649. The maximum Gasteiger partial charge on any atom is 0.413 e. The largest absolute Gasteiger partial charge is 0.453 e. The van der Waals surface area contributed by atoms with Crippen LogP contribution in [0.3, 0.4) is 0 Å². The van der Waals surface area contributed by atoms with Crippen LogP contribution < -0.4 is 5.32 Å². The molecule has 122 valence electrons. The molecule has 3 aromatic rings. The molecular weight excluding hydrogens is 334 g/mol. The fourth-order valence-corrected chi connectivity index (χ4v) is 2.89. The molecule has 0 saturated heterocycles. The molecule has 2 N–H and O–H groups in total. The van der Waals surface area contributed by atoms with Crippen LogP contribution in [0.2, 0.25) is 0 Å². The molecule has 2 heterocycles. The summed E-state index contributed by atoms with van der Waals surface area (Å²) in [5.41, 5.74) is 1.03. The number of nitrogens with zero attached hydrogens (tertiary/aromatic N) is 3. The van der Waals surface area contributed by atoms with Gasteiger partial charge in [0.05, 0.1) is 22.4 Å². The number of aromatic nitrogens is 3. The van der Waals surface area contributed by atoms with E-state index in [1.54, 1.807) is 30.5 Å². The molecule has 2 aromatic heterocycles. The molecule has 0 aliphatic carbocycles.